The number of hydrogen-bond acceptors (Lipinski definition) is 5. The molecule has 0 bridgehead atoms. The fourth-order valence-corrected chi connectivity index (χ4v) is 5.11. The van der Waals surface area contributed by atoms with Crippen LogP contribution in [0.15, 0.2) is 51.0 Å². The first-order chi connectivity index (χ1) is 12.1. The molecule has 1 N–H and O–H groups in total. The molecule has 1 aromatic heterocycles. The molecule has 0 aliphatic heterocycles. The Kier molecular flexibility index (Phi) is 5.75. The summed E-state index contributed by atoms with van der Waals surface area (Å²) >= 11 is 1.13. The lowest BCUT2D eigenvalue weighted by Crippen LogP contribution is -2.24. The van der Waals surface area contributed by atoms with Crippen LogP contribution in [0.25, 0.3) is 0 Å². The monoisotopic (exact) mass is 377 g/mol. The Morgan fingerprint density at radius 3 is 2.64 bits per heavy atom. The van der Waals surface area contributed by atoms with E-state index in [1.165, 1.54) is 25.3 Å². The highest BCUT2D eigenvalue weighted by Crippen LogP contribution is 2.25. The maximum atomic E-state index is 12.5. The van der Waals surface area contributed by atoms with Crippen molar-refractivity contribution in [1.29, 1.82) is 0 Å². The largest absolute Gasteiger partial charge is 0.858 e. The van der Waals surface area contributed by atoms with Gasteiger partial charge >= 0.3 is 0 Å². The highest BCUT2D eigenvalue weighted by molar-refractivity contribution is 7.94. The van der Waals surface area contributed by atoms with E-state index in [-0.39, 0.29) is 15.8 Å². The molecule has 1 aliphatic carbocycles. The minimum Gasteiger partial charge on any atom is -0.858 e. The lowest BCUT2D eigenvalue weighted by molar-refractivity contribution is -0.213. The Bertz CT molecular complexity index is 824. The van der Waals surface area contributed by atoms with E-state index in [1.807, 2.05) is 0 Å². The molecule has 3 rings (SSSR count). The lowest BCUT2D eigenvalue weighted by atomic mass is 9.89. The first kappa shape index (κ1) is 17.9. The zero-order valence-electron chi connectivity index (χ0n) is 13.8. The first-order valence-corrected chi connectivity index (χ1v) is 10.8. The normalized spacial score (nSPS) is 16.7. The predicted octanol–water partition coefficient (Wildman–Crippen LogP) is 3.24. The third-order valence-electron chi connectivity index (χ3n) is 4.38. The van der Waals surface area contributed by atoms with E-state index < -0.39 is 10.0 Å². The standard InChI is InChI=1S/C18H22N2O3S2/c21-18(19-13-14-7-2-1-3-8-14)15-9-4-5-10-16(15)20-25(22,23)17-11-6-12-24-17/h4-6,9-12,14,20H,1-3,7-8,13H2,(H,19,21)/p-1. The summed E-state index contributed by atoms with van der Waals surface area (Å²) in [5.41, 5.74) is 0.562. The van der Waals surface area contributed by atoms with Crippen molar-refractivity contribution in [3.05, 3.63) is 47.3 Å². The van der Waals surface area contributed by atoms with Crippen molar-refractivity contribution in [1.82, 2.24) is 0 Å². The van der Waals surface area contributed by atoms with Gasteiger partial charge in [0.05, 0.1) is 5.69 Å². The molecular weight excluding hydrogens is 356 g/mol. The second-order valence-electron chi connectivity index (χ2n) is 6.23. The summed E-state index contributed by atoms with van der Waals surface area (Å²) in [6.45, 7) is 0.519. The molecule has 1 saturated carbocycles. The van der Waals surface area contributed by atoms with Gasteiger partial charge in [-0.05, 0) is 42.2 Å². The van der Waals surface area contributed by atoms with Crippen LogP contribution < -0.4 is 9.83 Å². The van der Waals surface area contributed by atoms with Crippen LogP contribution in [0.2, 0.25) is 0 Å². The van der Waals surface area contributed by atoms with E-state index in [9.17, 15) is 13.5 Å². The maximum Gasteiger partial charge on any atom is 0.271 e. The highest BCUT2D eigenvalue weighted by atomic mass is 32.2. The summed E-state index contributed by atoms with van der Waals surface area (Å²) < 4.78 is 27.5. The predicted molar refractivity (Wildman–Crippen MR) is 99.5 cm³/mol. The molecule has 2 aromatic rings. The second-order valence-corrected chi connectivity index (χ2v) is 9.09. The van der Waals surface area contributed by atoms with Gasteiger partial charge in [-0.1, -0.05) is 43.5 Å². The molecule has 1 fully saturated rings. The van der Waals surface area contributed by atoms with E-state index in [1.54, 1.807) is 35.7 Å². The number of nitrogens with one attached hydrogen (secondary N) is 1. The maximum absolute atomic E-state index is 12.5. The van der Waals surface area contributed by atoms with Gasteiger partial charge in [-0.15, -0.1) is 11.3 Å². The number of nitrogens with zero attached hydrogens (tertiary/aromatic N) is 1. The smallest absolute Gasteiger partial charge is 0.271 e. The molecule has 7 heteroatoms. The first-order valence-electron chi connectivity index (χ1n) is 8.43. The lowest BCUT2D eigenvalue weighted by Gasteiger charge is -2.22. The fraction of sp³-hybridized carbons (Fsp3) is 0.389. The Morgan fingerprint density at radius 1 is 1.16 bits per heavy atom. The van der Waals surface area contributed by atoms with Crippen LogP contribution in [0.4, 0.5) is 5.69 Å². The molecule has 5 nitrogen and oxygen atoms in total. The van der Waals surface area contributed by atoms with Crippen LogP contribution >= 0.6 is 11.3 Å². The van der Waals surface area contributed by atoms with E-state index in [0.29, 0.717) is 18.0 Å². The van der Waals surface area contributed by atoms with Gasteiger partial charge in [0.15, 0.2) is 0 Å². The summed E-state index contributed by atoms with van der Waals surface area (Å²) in [6.07, 6.45) is 5.89. The third-order valence-corrected chi connectivity index (χ3v) is 7.14. The van der Waals surface area contributed by atoms with Crippen molar-refractivity contribution in [3.63, 3.8) is 0 Å². The average molecular weight is 378 g/mol. The van der Waals surface area contributed by atoms with Gasteiger partial charge in [-0.25, -0.2) is 8.42 Å². The van der Waals surface area contributed by atoms with Gasteiger partial charge < -0.3 is 10.1 Å². The van der Waals surface area contributed by atoms with Crippen LogP contribution in [0, 0.1) is 5.92 Å². The van der Waals surface area contributed by atoms with Gasteiger partial charge in [0, 0.05) is 12.1 Å². The Morgan fingerprint density at radius 2 is 1.92 bits per heavy atom. The fourth-order valence-electron chi connectivity index (χ4n) is 3.04. The molecule has 0 atom stereocenters. The molecule has 134 valence electrons. The number of thiophene rings is 1. The van der Waals surface area contributed by atoms with Crippen LogP contribution in [-0.2, 0) is 10.0 Å². The van der Waals surface area contributed by atoms with E-state index in [0.717, 1.165) is 24.2 Å². The number of para-hydroxylation sites is 1. The average Bonchev–Trinajstić information content (AvgIpc) is 3.16. The van der Waals surface area contributed by atoms with Crippen molar-refractivity contribution >= 4 is 32.9 Å². The van der Waals surface area contributed by atoms with Gasteiger partial charge in [-0.2, -0.15) is 0 Å². The third kappa shape index (κ3) is 4.61. The van der Waals surface area contributed by atoms with Crippen LogP contribution in [0.3, 0.4) is 0 Å². The molecule has 1 aromatic carbocycles. The summed E-state index contributed by atoms with van der Waals surface area (Å²) in [7, 11) is -3.69. The number of rotatable bonds is 6. The zero-order chi connectivity index (χ0) is 17.7. The zero-order valence-corrected chi connectivity index (χ0v) is 15.5. The van der Waals surface area contributed by atoms with Crippen molar-refractivity contribution < 1.29 is 13.5 Å². The number of hydrogen-bond donors (Lipinski definition) is 1. The summed E-state index contributed by atoms with van der Waals surface area (Å²) in [4.78, 5) is 4.20. The highest BCUT2D eigenvalue weighted by Gasteiger charge is 2.17. The van der Waals surface area contributed by atoms with E-state index >= 15 is 0 Å². The molecule has 0 unspecified atom stereocenters. The van der Waals surface area contributed by atoms with Crippen LogP contribution in [0.5, 0.6) is 0 Å². The summed E-state index contributed by atoms with van der Waals surface area (Å²) in [5.74, 6) is 0.0997. The SMILES string of the molecule is O=S(=O)(Nc1ccccc1C([O-])=NCC1CCCCC1)c1cccs1. The molecule has 25 heavy (non-hydrogen) atoms. The molecule has 0 radical (unpaired) electrons. The Hall–Kier alpha value is -1.86. The topological polar surface area (TPSA) is 81.6 Å². The summed E-state index contributed by atoms with van der Waals surface area (Å²) in [6, 6.07) is 9.82. The molecule has 1 aliphatic rings. The number of anilines is 1. The Balaban J connectivity index is 1.78. The molecular formula is C18H21N2O3S2-. The van der Waals surface area contributed by atoms with Crippen LogP contribution in [-0.4, -0.2) is 20.9 Å². The van der Waals surface area contributed by atoms with Gasteiger partial charge in [-0.3, -0.25) is 4.72 Å². The van der Waals surface area contributed by atoms with Crippen molar-refractivity contribution in [2.75, 3.05) is 11.3 Å². The van der Waals surface area contributed by atoms with Crippen molar-refractivity contribution in [3.8, 4) is 0 Å². The minimum atomic E-state index is -3.69. The van der Waals surface area contributed by atoms with Gasteiger partial charge in [0.1, 0.15) is 4.21 Å². The molecule has 0 amide bonds. The molecule has 1 heterocycles. The van der Waals surface area contributed by atoms with Crippen LogP contribution in [0.1, 0.15) is 37.7 Å². The summed E-state index contributed by atoms with van der Waals surface area (Å²) in [5, 5.41) is 14.2. The minimum absolute atomic E-state index is 0.217. The Labute approximate surface area is 152 Å². The van der Waals surface area contributed by atoms with Gasteiger partial charge in [0.25, 0.3) is 10.0 Å². The van der Waals surface area contributed by atoms with Crippen molar-refractivity contribution in [2.45, 2.75) is 36.3 Å². The van der Waals surface area contributed by atoms with E-state index in [2.05, 4.69) is 9.71 Å². The molecule has 0 spiro atoms. The number of sulfonamides is 1. The van der Waals surface area contributed by atoms with E-state index in [4.69, 9.17) is 0 Å². The van der Waals surface area contributed by atoms with Crippen molar-refractivity contribution in [2.24, 2.45) is 10.9 Å². The quantitative estimate of drug-likeness (QED) is 0.620. The molecule has 0 saturated heterocycles. The second kappa shape index (κ2) is 8.01. The number of aliphatic imine (C=N–C) groups is 1. The van der Waals surface area contributed by atoms with Gasteiger partial charge in [0.2, 0.25) is 0 Å². The number of benzene rings is 1.